The van der Waals surface area contributed by atoms with Gasteiger partial charge in [-0.3, -0.25) is 4.79 Å². The van der Waals surface area contributed by atoms with E-state index in [2.05, 4.69) is 5.92 Å². The summed E-state index contributed by atoms with van der Waals surface area (Å²) < 4.78 is 0. The molecular formula is C11H15NO3. The topological polar surface area (TPSA) is 57.6 Å². The Labute approximate surface area is 89.3 Å². The highest BCUT2D eigenvalue weighted by molar-refractivity contribution is 5.85. The lowest BCUT2D eigenvalue weighted by Crippen LogP contribution is -2.51. The van der Waals surface area contributed by atoms with Gasteiger partial charge in [0.2, 0.25) is 5.91 Å². The van der Waals surface area contributed by atoms with Crippen molar-refractivity contribution in [2.75, 3.05) is 6.54 Å². The van der Waals surface area contributed by atoms with Crippen LogP contribution in [-0.4, -0.2) is 34.5 Å². The number of carboxylic acid groups (broad SMARTS) is 1. The number of rotatable bonds is 2. The van der Waals surface area contributed by atoms with E-state index in [0.29, 0.717) is 6.54 Å². The Morgan fingerprint density at radius 2 is 2.27 bits per heavy atom. The van der Waals surface area contributed by atoms with Gasteiger partial charge in [0.15, 0.2) is 0 Å². The fourth-order valence-corrected chi connectivity index (χ4v) is 2.03. The Balaban J connectivity index is 2.80. The first kappa shape index (κ1) is 11.6. The molecule has 1 fully saturated rings. The molecule has 0 aromatic rings. The Kier molecular flexibility index (Phi) is 3.73. The third-order valence-electron chi connectivity index (χ3n) is 2.76. The van der Waals surface area contributed by atoms with Gasteiger partial charge in [-0.05, 0) is 18.8 Å². The maximum atomic E-state index is 11.6. The average molecular weight is 209 g/mol. The molecule has 4 heteroatoms. The number of carboxylic acids is 1. The summed E-state index contributed by atoms with van der Waals surface area (Å²) in [5.41, 5.74) is 0. The largest absolute Gasteiger partial charge is 0.480 e. The molecule has 0 aromatic heterocycles. The molecule has 82 valence electrons. The second kappa shape index (κ2) is 4.83. The molecular weight excluding hydrogens is 194 g/mol. The van der Waals surface area contributed by atoms with E-state index in [1.807, 2.05) is 6.92 Å². The summed E-state index contributed by atoms with van der Waals surface area (Å²) in [4.78, 5) is 24.0. The summed E-state index contributed by atoms with van der Waals surface area (Å²) in [6.45, 7) is 2.36. The molecule has 4 nitrogen and oxygen atoms in total. The molecule has 1 amide bonds. The van der Waals surface area contributed by atoms with Crippen molar-refractivity contribution in [3.8, 4) is 12.3 Å². The van der Waals surface area contributed by atoms with E-state index in [1.54, 1.807) is 0 Å². The minimum atomic E-state index is -0.937. The van der Waals surface area contributed by atoms with E-state index < -0.39 is 12.0 Å². The lowest BCUT2D eigenvalue weighted by molar-refractivity contribution is -0.154. The number of hydrogen-bond acceptors (Lipinski definition) is 2. The maximum absolute atomic E-state index is 11.6. The van der Waals surface area contributed by atoms with Gasteiger partial charge in [-0.15, -0.1) is 6.42 Å². The van der Waals surface area contributed by atoms with Crippen molar-refractivity contribution in [3.05, 3.63) is 0 Å². The highest BCUT2D eigenvalue weighted by Gasteiger charge is 2.36. The van der Waals surface area contributed by atoms with Gasteiger partial charge in [0.25, 0.3) is 0 Å². The van der Waals surface area contributed by atoms with E-state index in [-0.39, 0.29) is 18.2 Å². The first-order chi connectivity index (χ1) is 7.07. The highest BCUT2D eigenvalue weighted by atomic mass is 16.4. The summed E-state index contributed by atoms with van der Waals surface area (Å²) in [6.07, 6.45) is 6.72. The van der Waals surface area contributed by atoms with Crippen LogP contribution in [0.2, 0.25) is 0 Å². The molecule has 0 saturated carbocycles. The molecule has 2 unspecified atom stereocenters. The van der Waals surface area contributed by atoms with Crippen molar-refractivity contribution < 1.29 is 14.7 Å². The first-order valence-corrected chi connectivity index (χ1v) is 5.03. The molecule has 0 aliphatic carbocycles. The van der Waals surface area contributed by atoms with Crippen molar-refractivity contribution in [3.63, 3.8) is 0 Å². The fourth-order valence-electron chi connectivity index (χ4n) is 2.03. The Morgan fingerprint density at radius 1 is 1.60 bits per heavy atom. The third kappa shape index (κ3) is 2.50. The van der Waals surface area contributed by atoms with Crippen LogP contribution in [0, 0.1) is 18.3 Å². The quantitative estimate of drug-likeness (QED) is 0.682. The van der Waals surface area contributed by atoms with Crippen LogP contribution in [0.1, 0.15) is 26.2 Å². The predicted molar refractivity (Wildman–Crippen MR) is 55.0 cm³/mol. The number of terminal acetylenes is 1. The number of carbonyl (C=O) groups excluding carboxylic acids is 1. The van der Waals surface area contributed by atoms with E-state index in [4.69, 9.17) is 11.5 Å². The molecule has 1 N–H and O–H groups in total. The standard InChI is InChI=1S/C11H15NO3/c1-3-5-9(13)12-7-4-6-8(2)10(12)11(14)15/h1,8,10H,4-7H2,2H3,(H,14,15). The minimum Gasteiger partial charge on any atom is -0.480 e. The highest BCUT2D eigenvalue weighted by Crippen LogP contribution is 2.23. The van der Waals surface area contributed by atoms with Gasteiger partial charge in [0.05, 0.1) is 6.42 Å². The van der Waals surface area contributed by atoms with E-state index in [9.17, 15) is 9.59 Å². The van der Waals surface area contributed by atoms with Gasteiger partial charge in [-0.25, -0.2) is 4.79 Å². The van der Waals surface area contributed by atoms with Crippen molar-refractivity contribution >= 4 is 11.9 Å². The molecule has 1 heterocycles. The maximum Gasteiger partial charge on any atom is 0.326 e. The molecule has 1 rings (SSSR count). The zero-order valence-corrected chi connectivity index (χ0v) is 8.77. The van der Waals surface area contributed by atoms with Crippen LogP contribution in [-0.2, 0) is 9.59 Å². The van der Waals surface area contributed by atoms with Crippen molar-refractivity contribution in [2.45, 2.75) is 32.2 Å². The summed E-state index contributed by atoms with van der Waals surface area (Å²) in [5.74, 6) is 1.06. The smallest absolute Gasteiger partial charge is 0.326 e. The normalized spacial score (nSPS) is 25.7. The van der Waals surface area contributed by atoms with Crippen molar-refractivity contribution in [2.24, 2.45) is 5.92 Å². The zero-order valence-electron chi connectivity index (χ0n) is 8.77. The molecule has 0 aromatic carbocycles. The lowest BCUT2D eigenvalue weighted by Gasteiger charge is -2.37. The van der Waals surface area contributed by atoms with Crippen LogP contribution in [0.5, 0.6) is 0 Å². The number of aliphatic carboxylic acids is 1. The van der Waals surface area contributed by atoms with Gasteiger partial charge in [-0.2, -0.15) is 0 Å². The van der Waals surface area contributed by atoms with Crippen LogP contribution < -0.4 is 0 Å². The Bertz CT molecular complexity index is 305. The Morgan fingerprint density at radius 3 is 2.80 bits per heavy atom. The molecule has 1 aliphatic heterocycles. The van der Waals surface area contributed by atoms with Crippen LogP contribution in [0.15, 0.2) is 0 Å². The van der Waals surface area contributed by atoms with Gasteiger partial charge >= 0.3 is 5.97 Å². The summed E-state index contributed by atoms with van der Waals surface area (Å²) in [5, 5.41) is 9.05. The molecule has 1 aliphatic rings. The number of hydrogen-bond donors (Lipinski definition) is 1. The molecule has 0 radical (unpaired) electrons. The number of nitrogens with zero attached hydrogens (tertiary/aromatic N) is 1. The number of piperidine rings is 1. The molecule has 0 spiro atoms. The second-order valence-corrected chi connectivity index (χ2v) is 3.87. The van der Waals surface area contributed by atoms with Crippen LogP contribution in [0.25, 0.3) is 0 Å². The molecule has 0 bridgehead atoms. The van der Waals surface area contributed by atoms with E-state index >= 15 is 0 Å². The van der Waals surface area contributed by atoms with Crippen molar-refractivity contribution in [1.29, 1.82) is 0 Å². The predicted octanol–water partition coefficient (Wildman–Crippen LogP) is 0.721. The monoisotopic (exact) mass is 209 g/mol. The van der Waals surface area contributed by atoms with Gasteiger partial charge < -0.3 is 10.0 Å². The summed E-state index contributed by atoms with van der Waals surface area (Å²) in [6, 6.07) is -0.709. The Hall–Kier alpha value is -1.50. The number of amides is 1. The minimum absolute atomic E-state index is 0.00188. The van der Waals surface area contributed by atoms with Gasteiger partial charge in [0.1, 0.15) is 6.04 Å². The average Bonchev–Trinajstić information content (AvgIpc) is 2.17. The number of carbonyl (C=O) groups is 2. The second-order valence-electron chi connectivity index (χ2n) is 3.87. The summed E-state index contributed by atoms with van der Waals surface area (Å²) in [7, 11) is 0. The van der Waals surface area contributed by atoms with Crippen LogP contribution >= 0.6 is 0 Å². The fraction of sp³-hybridized carbons (Fsp3) is 0.636. The lowest BCUT2D eigenvalue weighted by atomic mass is 9.90. The first-order valence-electron chi connectivity index (χ1n) is 5.03. The number of likely N-dealkylation sites (tertiary alicyclic amines) is 1. The third-order valence-corrected chi connectivity index (χ3v) is 2.76. The molecule has 1 saturated heterocycles. The molecule has 15 heavy (non-hydrogen) atoms. The SMILES string of the molecule is C#CCC(=O)N1CCCC(C)C1C(=O)O. The van der Waals surface area contributed by atoms with Crippen LogP contribution in [0.3, 0.4) is 0 Å². The van der Waals surface area contributed by atoms with E-state index in [0.717, 1.165) is 12.8 Å². The summed E-state index contributed by atoms with van der Waals surface area (Å²) >= 11 is 0. The van der Waals surface area contributed by atoms with Crippen molar-refractivity contribution in [1.82, 2.24) is 4.90 Å². The van der Waals surface area contributed by atoms with Gasteiger partial charge in [-0.1, -0.05) is 12.8 Å². The van der Waals surface area contributed by atoms with Crippen LogP contribution in [0.4, 0.5) is 0 Å². The zero-order chi connectivity index (χ0) is 11.4. The van der Waals surface area contributed by atoms with Gasteiger partial charge in [0, 0.05) is 6.54 Å². The van der Waals surface area contributed by atoms with E-state index in [1.165, 1.54) is 4.90 Å². The molecule has 2 atom stereocenters.